The third-order valence-corrected chi connectivity index (χ3v) is 6.39. The summed E-state index contributed by atoms with van der Waals surface area (Å²) < 4.78 is 2.05. The highest BCUT2D eigenvalue weighted by atomic mass is 32.2. The molecule has 0 N–H and O–H groups in total. The average Bonchev–Trinajstić information content (AvgIpc) is 2.92. The molecule has 2 aliphatic heterocycles. The van der Waals surface area contributed by atoms with E-state index in [1.807, 2.05) is 19.1 Å². The Morgan fingerprint density at radius 2 is 1.93 bits per heavy atom. The zero-order valence-electron chi connectivity index (χ0n) is 15.3. The Bertz CT molecular complexity index is 1040. The first-order chi connectivity index (χ1) is 13.0. The SMILES string of the molecule is Cc1ccc2nc(N3CCCCC3)c(/C=C3\SC(=S)N(C)C3=O)c(=O)n2c1. The predicted octanol–water partition coefficient (Wildman–Crippen LogP) is 2.82. The van der Waals surface area contributed by atoms with Gasteiger partial charge >= 0.3 is 0 Å². The molecule has 6 nitrogen and oxygen atoms in total. The largest absolute Gasteiger partial charge is 0.356 e. The van der Waals surface area contributed by atoms with Crippen LogP contribution in [0.2, 0.25) is 0 Å². The Balaban J connectivity index is 1.93. The summed E-state index contributed by atoms with van der Waals surface area (Å²) in [5.74, 6) is 0.480. The molecule has 0 saturated carbocycles. The average molecular weight is 401 g/mol. The summed E-state index contributed by atoms with van der Waals surface area (Å²) in [6, 6.07) is 3.81. The second-order valence-corrected chi connectivity index (χ2v) is 8.55. The number of aryl methyl sites for hydroxylation is 1. The molecule has 140 valence electrons. The summed E-state index contributed by atoms with van der Waals surface area (Å²) in [6.07, 6.45) is 6.78. The van der Waals surface area contributed by atoms with Crippen LogP contribution in [0.4, 0.5) is 5.82 Å². The number of rotatable bonds is 2. The summed E-state index contributed by atoms with van der Waals surface area (Å²) in [7, 11) is 1.65. The van der Waals surface area contributed by atoms with Gasteiger partial charge in [-0.3, -0.25) is 18.9 Å². The number of aromatic nitrogens is 2. The Hall–Kier alpha value is -2.19. The van der Waals surface area contributed by atoms with E-state index in [-0.39, 0.29) is 11.5 Å². The molecule has 4 rings (SSSR count). The predicted molar refractivity (Wildman–Crippen MR) is 113 cm³/mol. The van der Waals surface area contributed by atoms with Gasteiger partial charge in [-0.15, -0.1) is 0 Å². The molecular formula is C19H20N4O2S2. The van der Waals surface area contributed by atoms with Gasteiger partial charge in [-0.05, 0) is 43.9 Å². The third kappa shape index (κ3) is 3.27. The highest BCUT2D eigenvalue weighted by Gasteiger charge is 2.30. The van der Waals surface area contributed by atoms with Crippen molar-refractivity contribution < 1.29 is 4.79 Å². The lowest BCUT2D eigenvalue weighted by Gasteiger charge is -2.29. The number of hydrogen-bond donors (Lipinski definition) is 0. The number of likely N-dealkylation sites (N-methyl/N-ethyl adjacent to an activating group) is 1. The summed E-state index contributed by atoms with van der Waals surface area (Å²) in [4.78, 5) is 34.6. The molecule has 0 radical (unpaired) electrons. The molecule has 0 atom stereocenters. The number of hydrogen-bond acceptors (Lipinski definition) is 6. The van der Waals surface area contributed by atoms with E-state index in [1.165, 1.54) is 23.1 Å². The zero-order valence-corrected chi connectivity index (χ0v) is 16.9. The van der Waals surface area contributed by atoms with Gasteiger partial charge in [-0.25, -0.2) is 4.98 Å². The minimum absolute atomic E-state index is 0.161. The number of carbonyl (C=O) groups excluding carboxylic acids is 1. The van der Waals surface area contributed by atoms with Gasteiger partial charge in [0.2, 0.25) is 0 Å². The van der Waals surface area contributed by atoms with E-state index < -0.39 is 0 Å². The van der Waals surface area contributed by atoms with Crippen LogP contribution in [0.25, 0.3) is 11.7 Å². The standard InChI is InChI=1S/C19H20N4O2S2/c1-12-6-7-15-20-16(22-8-4-3-5-9-22)13(17(24)23(15)11-12)10-14-18(25)21(2)19(26)27-14/h6-7,10-11H,3-5,8-9H2,1-2H3/b14-10-. The van der Waals surface area contributed by atoms with Crippen molar-refractivity contribution in [1.29, 1.82) is 0 Å². The van der Waals surface area contributed by atoms with Crippen LogP contribution < -0.4 is 10.5 Å². The summed E-state index contributed by atoms with van der Waals surface area (Å²) in [6.45, 7) is 3.67. The first kappa shape index (κ1) is 18.2. The molecular weight excluding hydrogens is 380 g/mol. The molecule has 4 heterocycles. The maximum atomic E-state index is 13.3. The monoisotopic (exact) mass is 400 g/mol. The Morgan fingerprint density at radius 3 is 2.59 bits per heavy atom. The van der Waals surface area contributed by atoms with Gasteiger partial charge in [0.05, 0.1) is 10.5 Å². The highest BCUT2D eigenvalue weighted by molar-refractivity contribution is 8.26. The Labute approximate surface area is 166 Å². The van der Waals surface area contributed by atoms with Gasteiger partial charge < -0.3 is 4.90 Å². The van der Waals surface area contributed by atoms with E-state index in [2.05, 4.69) is 4.90 Å². The van der Waals surface area contributed by atoms with Gasteiger partial charge in [-0.1, -0.05) is 30.0 Å². The third-order valence-electron chi connectivity index (χ3n) is 4.90. The second-order valence-electron chi connectivity index (χ2n) is 6.88. The van der Waals surface area contributed by atoms with Crippen LogP contribution in [0.3, 0.4) is 0 Å². The molecule has 0 aliphatic carbocycles. The number of fused-ring (bicyclic) bond motifs is 1. The smallest absolute Gasteiger partial charge is 0.267 e. The minimum atomic E-state index is -0.177. The maximum Gasteiger partial charge on any atom is 0.267 e. The fourth-order valence-electron chi connectivity index (χ4n) is 3.40. The molecule has 8 heteroatoms. The number of piperidine rings is 1. The van der Waals surface area contributed by atoms with Gasteiger partial charge in [-0.2, -0.15) is 0 Å². The van der Waals surface area contributed by atoms with Gasteiger partial charge in [0.25, 0.3) is 11.5 Å². The van der Waals surface area contributed by atoms with Crippen LogP contribution in [0, 0.1) is 6.92 Å². The summed E-state index contributed by atoms with van der Waals surface area (Å²) in [5.41, 5.74) is 1.88. The van der Waals surface area contributed by atoms with E-state index in [0.29, 0.717) is 26.3 Å². The van der Waals surface area contributed by atoms with Crippen molar-refractivity contribution in [2.24, 2.45) is 0 Å². The van der Waals surface area contributed by atoms with Crippen LogP contribution in [0.15, 0.2) is 28.0 Å². The molecule has 0 bridgehead atoms. The number of amides is 1. The number of thiocarbonyl (C=S) groups is 1. The van der Waals surface area contributed by atoms with Crippen molar-refractivity contribution in [2.75, 3.05) is 25.0 Å². The Morgan fingerprint density at radius 1 is 1.19 bits per heavy atom. The molecule has 2 aromatic heterocycles. The quantitative estimate of drug-likeness (QED) is 0.571. The molecule has 0 aromatic carbocycles. The van der Waals surface area contributed by atoms with E-state index in [1.54, 1.807) is 23.7 Å². The maximum absolute atomic E-state index is 13.3. The molecule has 2 aromatic rings. The summed E-state index contributed by atoms with van der Waals surface area (Å²) >= 11 is 6.44. The number of anilines is 1. The minimum Gasteiger partial charge on any atom is -0.356 e. The van der Waals surface area contributed by atoms with E-state index in [9.17, 15) is 9.59 Å². The van der Waals surface area contributed by atoms with Crippen molar-refractivity contribution >= 4 is 51.7 Å². The summed E-state index contributed by atoms with van der Waals surface area (Å²) in [5, 5.41) is 0. The van der Waals surface area contributed by atoms with Crippen LogP contribution in [0.5, 0.6) is 0 Å². The molecule has 2 fully saturated rings. The van der Waals surface area contributed by atoms with Crippen molar-refractivity contribution in [3.8, 4) is 0 Å². The molecule has 1 amide bonds. The molecule has 27 heavy (non-hydrogen) atoms. The lowest BCUT2D eigenvalue weighted by atomic mass is 10.1. The van der Waals surface area contributed by atoms with Crippen LogP contribution in [-0.4, -0.2) is 44.6 Å². The zero-order chi connectivity index (χ0) is 19.1. The van der Waals surface area contributed by atoms with Crippen molar-refractivity contribution in [1.82, 2.24) is 14.3 Å². The van der Waals surface area contributed by atoms with E-state index >= 15 is 0 Å². The Kier molecular flexibility index (Phi) is 4.77. The first-order valence-corrected chi connectivity index (χ1v) is 10.2. The van der Waals surface area contributed by atoms with Crippen LogP contribution >= 0.6 is 24.0 Å². The van der Waals surface area contributed by atoms with Crippen LogP contribution in [0.1, 0.15) is 30.4 Å². The van der Waals surface area contributed by atoms with Gasteiger partial charge in [0.15, 0.2) is 0 Å². The van der Waals surface area contributed by atoms with Crippen molar-refractivity contribution in [2.45, 2.75) is 26.2 Å². The first-order valence-electron chi connectivity index (χ1n) is 8.95. The molecule has 0 unspecified atom stereocenters. The normalized spacial score (nSPS) is 19.6. The molecule has 2 saturated heterocycles. The van der Waals surface area contributed by atoms with Crippen molar-refractivity contribution in [3.05, 3.63) is 44.7 Å². The number of thioether (sulfide) groups is 1. The second kappa shape index (κ2) is 7.09. The lowest BCUT2D eigenvalue weighted by Crippen LogP contribution is -2.33. The van der Waals surface area contributed by atoms with Crippen molar-refractivity contribution in [3.63, 3.8) is 0 Å². The molecule has 0 spiro atoms. The molecule has 2 aliphatic rings. The van der Waals surface area contributed by atoms with Gasteiger partial charge in [0, 0.05) is 26.3 Å². The highest BCUT2D eigenvalue weighted by Crippen LogP contribution is 2.32. The van der Waals surface area contributed by atoms with E-state index in [0.717, 1.165) is 31.5 Å². The van der Waals surface area contributed by atoms with E-state index in [4.69, 9.17) is 17.2 Å². The van der Waals surface area contributed by atoms with Gasteiger partial charge in [0.1, 0.15) is 15.8 Å². The van der Waals surface area contributed by atoms with Crippen LogP contribution in [-0.2, 0) is 4.79 Å². The number of pyridine rings is 1. The fourth-order valence-corrected chi connectivity index (χ4v) is 4.56. The fraction of sp³-hybridized carbons (Fsp3) is 0.368. The number of nitrogens with zero attached hydrogens (tertiary/aromatic N) is 4. The lowest BCUT2D eigenvalue weighted by molar-refractivity contribution is -0.121. The number of carbonyl (C=O) groups is 1. The topological polar surface area (TPSA) is 57.9 Å².